The summed E-state index contributed by atoms with van der Waals surface area (Å²) in [5.41, 5.74) is 2.08. The van der Waals surface area contributed by atoms with Crippen LogP contribution in [-0.2, 0) is 18.4 Å². The third kappa shape index (κ3) is 3.41. The number of amides is 1. The number of halogens is 1. The fourth-order valence-electron chi connectivity index (χ4n) is 3.16. The molecule has 23 heavy (non-hydrogen) atoms. The lowest BCUT2D eigenvalue weighted by atomic mass is 9.90. The van der Waals surface area contributed by atoms with Gasteiger partial charge in [-0.3, -0.25) is 9.48 Å². The molecule has 5 nitrogen and oxygen atoms in total. The number of carbonyl (C=O) groups is 1. The van der Waals surface area contributed by atoms with E-state index < -0.39 is 0 Å². The first-order valence-corrected chi connectivity index (χ1v) is 8.11. The minimum Gasteiger partial charge on any atom is -0.341 e. The lowest BCUT2D eigenvalue weighted by Crippen LogP contribution is -2.35. The molecule has 1 aromatic carbocycles. The number of hydrogen-bond donors (Lipinski definition) is 1. The molecule has 1 aromatic heterocycles. The molecule has 0 radical (unpaired) electrons. The smallest absolute Gasteiger partial charge is 0.227 e. The van der Waals surface area contributed by atoms with E-state index in [1.807, 2.05) is 50.8 Å². The van der Waals surface area contributed by atoms with E-state index in [9.17, 15) is 4.79 Å². The van der Waals surface area contributed by atoms with Crippen LogP contribution in [0.3, 0.4) is 0 Å². The first-order chi connectivity index (χ1) is 11.1. The quantitative estimate of drug-likeness (QED) is 0.932. The topological polar surface area (TPSA) is 50.2 Å². The molecular weight excluding hydrogens is 312 g/mol. The maximum absolute atomic E-state index is 12.9. The second-order valence-corrected chi connectivity index (χ2v) is 6.51. The Morgan fingerprint density at radius 2 is 2.22 bits per heavy atom. The van der Waals surface area contributed by atoms with Crippen molar-refractivity contribution in [2.45, 2.75) is 12.5 Å². The average Bonchev–Trinajstić information content (AvgIpc) is 3.17. The number of carbonyl (C=O) groups excluding carboxylic acids is 1. The van der Waals surface area contributed by atoms with Crippen LogP contribution in [-0.4, -0.2) is 40.7 Å². The van der Waals surface area contributed by atoms with Gasteiger partial charge in [0.05, 0.1) is 12.1 Å². The first-order valence-electron chi connectivity index (χ1n) is 7.74. The van der Waals surface area contributed by atoms with E-state index in [4.69, 9.17) is 11.6 Å². The normalized spacial score (nSPS) is 20.7. The number of hydrogen-bond acceptors (Lipinski definition) is 3. The largest absolute Gasteiger partial charge is 0.341 e. The molecule has 1 saturated heterocycles. The third-order valence-electron chi connectivity index (χ3n) is 4.43. The molecule has 1 N–H and O–H groups in total. The Labute approximate surface area is 141 Å². The van der Waals surface area contributed by atoms with Crippen molar-refractivity contribution in [3.8, 4) is 0 Å². The van der Waals surface area contributed by atoms with Gasteiger partial charge in [0, 0.05) is 50.9 Å². The Morgan fingerprint density at radius 3 is 2.91 bits per heavy atom. The fourth-order valence-corrected chi connectivity index (χ4v) is 3.36. The third-order valence-corrected chi connectivity index (χ3v) is 4.79. The monoisotopic (exact) mass is 332 g/mol. The number of nitrogens with zero attached hydrogens (tertiary/aromatic N) is 3. The van der Waals surface area contributed by atoms with Gasteiger partial charge in [0.15, 0.2) is 0 Å². The summed E-state index contributed by atoms with van der Waals surface area (Å²) in [6.45, 7) is 2.03. The van der Waals surface area contributed by atoms with Gasteiger partial charge in [0.2, 0.25) is 5.91 Å². The summed E-state index contributed by atoms with van der Waals surface area (Å²) in [4.78, 5) is 14.6. The van der Waals surface area contributed by atoms with E-state index in [0.29, 0.717) is 18.1 Å². The minimum atomic E-state index is -0.0633. The van der Waals surface area contributed by atoms with Crippen LogP contribution in [0.2, 0.25) is 5.02 Å². The van der Waals surface area contributed by atoms with Gasteiger partial charge in [-0.15, -0.1) is 0 Å². The standard InChI is InChI=1S/C17H21ClN4O/c1-21(10-12-5-3-4-6-16(12)18)17(23)15-9-19-8-14(15)13-7-20-22(2)11-13/h3-7,11,14-15,19H,8-10H2,1-2H3/t14-,15+/m1/s1. The Balaban J connectivity index is 1.72. The number of benzene rings is 1. The van der Waals surface area contributed by atoms with Crippen molar-refractivity contribution in [1.29, 1.82) is 0 Å². The van der Waals surface area contributed by atoms with Gasteiger partial charge < -0.3 is 10.2 Å². The Hall–Kier alpha value is -1.85. The number of rotatable bonds is 4. The predicted molar refractivity (Wildman–Crippen MR) is 90.2 cm³/mol. The van der Waals surface area contributed by atoms with Crippen LogP contribution in [0.4, 0.5) is 0 Å². The average molecular weight is 333 g/mol. The molecule has 3 rings (SSSR count). The summed E-state index contributed by atoms with van der Waals surface area (Å²) in [5.74, 6) is 0.250. The van der Waals surface area contributed by atoms with E-state index in [1.165, 1.54) is 0 Å². The fraction of sp³-hybridized carbons (Fsp3) is 0.412. The number of aromatic nitrogens is 2. The van der Waals surface area contributed by atoms with Gasteiger partial charge in [-0.05, 0) is 17.2 Å². The molecular formula is C17H21ClN4O. The summed E-state index contributed by atoms with van der Waals surface area (Å²) in [7, 11) is 3.73. The highest BCUT2D eigenvalue weighted by Crippen LogP contribution is 2.29. The lowest BCUT2D eigenvalue weighted by molar-refractivity contribution is -0.134. The SMILES string of the molecule is CN(Cc1ccccc1Cl)C(=O)[C@H]1CNC[C@@H]1c1cnn(C)c1. The molecule has 1 aliphatic rings. The number of nitrogens with one attached hydrogen (secondary N) is 1. The predicted octanol–water partition coefficient (Wildman–Crippen LogP) is 2.04. The summed E-state index contributed by atoms with van der Waals surface area (Å²) in [5, 5.41) is 8.25. The van der Waals surface area contributed by atoms with Crippen molar-refractivity contribution in [2.24, 2.45) is 13.0 Å². The molecule has 0 aliphatic carbocycles. The first kappa shape index (κ1) is 16.0. The van der Waals surface area contributed by atoms with Crippen LogP contribution in [0, 0.1) is 5.92 Å². The Kier molecular flexibility index (Phi) is 4.68. The van der Waals surface area contributed by atoms with E-state index in [-0.39, 0.29) is 17.7 Å². The zero-order chi connectivity index (χ0) is 16.4. The highest BCUT2D eigenvalue weighted by molar-refractivity contribution is 6.31. The molecule has 0 unspecified atom stereocenters. The van der Waals surface area contributed by atoms with Gasteiger partial charge in [-0.2, -0.15) is 5.10 Å². The molecule has 0 bridgehead atoms. The van der Waals surface area contributed by atoms with E-state index in [1.54, 1.807) is 9.58 Å². The number of aryl methyl sites for hydroxylation is 1. The molecule has 2 atom stereocenters. The van der Waals surface area contributed by atoms with E-state index in [0.717, 1.165) is 17.7 Å². The van der Waals surface area contributed by atoms with Gasteiger partial charge in [0.25, 0.3) is 0 Å². The van der Waals surface area contributed by atoms with Crippen LogP contribution < -0.4 is 5.32 Å². The van der Waals surface area contributed by atoms with Crippen LogP contribution in [0.5, 0.6) is 0 Å². The molecule has 1 fully saturated rings. The van der Waals surface area contributed by atoms with Crippen LogP contribution in [0.25, 0.3) is 0 Å². The second kappa shape index (κ2) is 6.72. The second-order valence-electron chi connectivity index (χ2n) is 6.10. The molecule has 6 heteroatoms. The molecule has 0 saturated carbocycles. The summed E-state index contributed by atoms with van der Waals surface area (Å²) in [6, 6.07) is 7.64. The summed E-state index contributed by atoms with van der Waals surface area (Å²) in [6.07, 6.45) is 3.85. The Morgan fingerprint density at radius 1 is 1.43 bits per heavy atom. The highest BCUT2D eigenvalue weighted by atomic mass is 35.5. The summed E-state index contributed by atoms with van der Waals surface area (Å²) >= 11 is 6.20. The zero-order valence-electron chi connectivity index (χ0n) is 13.4. The van der Waals surface area contributed by atoms with Gasteiger partial charge in [0.1, 0.15) is 0 Å². The van der Waals surface area contributed by atoms with Crippen LogP contribution >= 0.6 is 11.6 Å². The van der Waals surface area contributed by atoms with Crippen molar-refractivity contribution in [1.82, 2.24) is 20.0 Å². The van der Waals surface area contributed by atoms with Crippen molar-refractivity contribution < 1.29 is 4.79 Å². The zero-order valence-corrected chi connectivity index (χ0v) is 14.1. The Bertz CT molecular complexity index is 699. The van der Waals surface area contributed by atoms with Crippen molar-refractivity contribution >= 4 is 17.5 Å². The van der Waals surface area contributed by atoms with E-state index in [2.05, 4.69) is 10.4 Å². The van der Waals surface area contributed by atoms with Crippen LogP contribution in [0.1, 0.15) is 17.0 Å². The van der Waals surface area contributed by atoms with Crippen molar-refractivity contribution in [2.75, 3.05) is 20.1 Å². The maximum Gasteiger partial charge on any atom is 0.227 e. The van der Waals surface area contributed by atoms with Gasteiger partial charge in [-0.25, -0.2) is 0 Å². The highest BCUT2D eigenvalue weighted by Gasteiger charge is 2.36. The molecule has 0 spiro atoms. The van der Waals surface area contributed by atoms with E-state index >= 15 is 0 Å². The molecule has 2 aromatic rings. The lowest BCUT2D eigenvalue weighted by Gasteiger charge is -2.24. The van der Waals surface area contributed by atoms with Crippen molar-refractivity contribution in [3.63, 3.8) is 0 Å². The van der Waals surface area contributed by atoms with Gasteiger partial charge >= 0.3 is 0 Å². The molecule has 2 heterocycles. The van der Waals surface area contributed by atoms with Gasteiger partial charge in [-0.1, -0.05) is 29.8 Å². The molecule has 1 aliphatic heterocycles. The molecule has 122 valence electrons. The van der Waals surface area contributed by atoms with Crippen LogP contribution in [0.15, 0.2) is 36.7 Å². The minimum absolute atomic E-state index is 0.0633. The van der Waals surface area contributed by atoms with Crippen molar-refractivity contribution in [3.05, 3.63) is 52.8 Å². The maximum atomic E-state index is 12.9. The molecule has 1 amide bonds. The summed E-state index contributed by atoms with van der Waals surface area (Å²) < 4.78 is 1.78.